The lowest BCUT2D eigenvalue weighted by atomic mass is 10.1. The molecule has 2 rings (SSSR count). The average molecular weight is 287 g/mol. The van der Waals surface area contributed by atoms with E-state index < -0.39 is 0 Å². The van der Waals surface area contributed by atoms with Gasteiger partial charge in [0.2, 0.25) is 0 Å². The van der Waals surface area contributed by atoms with Crippen molar-refractivity contribution in [1.29, 1.82) is 5.26 Å². The molecule has 0 atom stereocenters. The molecular weight excluding hydrogens is 276 g/mol. The molecule has 20 heavy (non-hydrogen) atoms. The molecule has 0 saturated heterocycles. The summed E-state index contributed by atoms with van der Waals surface area (Å²) in [6, 6.07) is 10.3. The van der Waals surface area contributed by atoms with Crippen LogP contribution < -0.4 is 10.6 Å². The molecule has 1 aromatic heterocycles. The number of rotatable bonds is 2. The fraction of sp³-hybridized carbons (Fsp3) is 0.0714. The number of benzene rings is 1. The molecular formula is C14H11ClN4O. The normalized spacial score (nSPS) is 9.65. The quantitative estimate of drug-likeness (QED) is 0.891. The molecule has 0 radical (unpaired) electrons. The first-order valence-corrected chi connectivity index (χ1v) is 6.17. The van der Waals surface area contributed by atoms with E-state index in [1.807, 2.05) is 6.07 Å². The van der Waals surface area contributed by atoms with Gasteiger partial charge in [-0.3, -0.25) is 4.98 Å². The maximum Gasteiger partial charge on any atom is 0.318 e. The van der Waals surface area contributed by atoms with Crippen LogP contribution in [-0.2, 0) is 0 Å². The van der Waals surface area contributed by atoms with Gasteiger partial charge in [0.25, 0.3) is 0 Å². The van der Waals surface area contributed by atoms with Crippen LogP contribution in [0.15, 0.2) is 36.5 Å². The molecule has 0 saturated carbocycles. The van der Waals surface area contributed by atoms with Gasteiger partial charge in [-0.25, -0.2) is 4.79 Å². The summed E-state index contributed by atoms with van der Waals surface area (Å²) in [7, 11) is 1.54. The van der Waals surface area contributed by atoms with Gasteiger partial charge in [0.05, 0.1) is 16.3 Å². The number of urea groups is 1. The SMILES string of the molecule is CNC(=O)Nc1ccc(-c2nccc(Cl)c2C#N)cc1. The zero-order valence-corrected chi connectivity index (χ0v) is 11.4. The second kappa shape index (κ2) is 6.04. The average Bonchev–Trinajstić information content (AvgIpc) is 2.47. The summed E-state index contributed by atoms with van der Waals surface area (Å²) < 4.78 is 0. The summed E-state index contributed by atoms with van der Waals surface area (Å²) in [6.45, 7) is 0. The molecule has 1 heterocycles. The van der Waals surface area contributed by atoms with Crippen molar-refractivity contribution in [1.82, 2.24) is 10.3 Å². The Morgan fingerprint density at radius 1 is 1.30 bits per heavy atom. The smallest absolute Gasteiger partial charge is 0.318 e. The number of hydrogen-bond donors (Lipinski definition) is 2. The first-order chi connectivity index (χ1) is 9.65. The highest BCUT2D eigenvalue weighted by Crippen LogP contribution is 2.27. The minimum atomic E-state index is -0.295. The maximum absolute atomic E-state index is 11.2. The summed E-state index contributed by atoms with van der Waals surface area (Å²) in [5, 5.41) is 14.6. The number of nitrogens with zero attached hydrogens (tertiary/aromatic N) is 2. The molecule has 6 heteroatoms. The summed E-state index contributed by atoms with van der Waals surface area (Å²) >= 11 is 5.97. The number of halogens is 1. The molecule has 2 amide bonds. The van der Waals surface area contributed by atoms with Crippen molar-refractivity contribution in [3.63, 3.8) is 0 Å². The summed E-state index contributed by atoms with van der Waals surface area (Å²) in [6.07, 6.45) is 1.55. The number of carbonyl (C=O) groups is 1. The molecule has 0 fully saturated rings. The fourth-order valence-corrected chi connectivity index (χ4v) is 1.86. The zero-order chi connectivity index (χ0) is 14.5. The first kappa shape index (κ1) is 13.8. The monoisotopic (exact) mass is 286 g/mol. The van der Waals surface area contributed by atoms with Crippen molar-refractivity contribution < 1.29 is 4.79 Å². The number of amides is 2. The number of pyridine rings is 1. The van der Waals surface area contributed by atoms with E-state index in [4.69, 9.17) is 16.9 Å². The molecule has 0 aliphatic heterocycles. The Bertz CT molecular complexity index is 677. The predicted octanol–water partition coefficient (Wildman–Crippen LogP) is 3.02. The molecule has 0 aliphatic carbocycles. The highest BCUT2D eigenvalue weighted by Gasteiger charge is 2.10. The topological polar surface area (TPSA) is 77.8 Å². The second-order valence-corrected chi connectivity index (χ2v) is 4.32. The van der Waals surface area contributed by atoms with Gasteiger partial charge in [0, 0.05) is 24.5 Å². The van der Waals surface area contributed by atoms with Crippen molar-refractivity contribution in [3.05, 3.63) is 47.1 Å². The summed E-state index contributed by atoms with van der Waals surface area (Å²) in [4.78, 5) is 15.4. The van der Waals surface area contributed by atoms with Crippen LogP contribution in [0.2, 0.25) is 5.02 Å². The molecule has 0 spiro atoms. The number of carbonyl (C=O) groups excluding carboxylic acids is 1. The molecule has 0 bridgehead atoms. The van der Waals surface area contributed by atoms with Crippen LogP contribution in [0, 0.1) is 11.3 Å². The van der Waals surface area contributed by atoms with Crippen molar-refractivity contribution in [2.24, 2.45) is 0 Å². The third kappa shape index (κ3) is 2.87. The first-order valence-electron chi connectivity index (χ1n) is 5.79. The Morgan fingerprint density at radius 2 is 2.00 bits per heavy atom. The molecule has 1 aromatic carbocycles. The van der Waals surface area contributed by atoms with Gasteiger partial charge in [-0.15, -0.1) is 0 Å². The van der Waals surface area contributed by atoms with E-state index in [-0.39, 0.29) is 6.03 Å². The second-order valence-electron chi connectivity index (χ2n) is 3.91. The fourth-order valence-electron chi connectivity index (χ4n) is 1.67. The third-order valence-corrected chi connectivity index (χ3v) is 2.97. The van der Waals surface area contributed by atoms with Gasteiger partial charge in [-0.05, 0) is 18.2 Å². The van der Waals surface area contributed by atoms with E-state index in [2.05, 4.69) is 15.6 Å². The zero-order valence-electron chi connectivity index (χ0n) is 10.6. The Kier molecular flexibility index (Phi) is 4.18. The lowest BCUT2D eigenvalue weighted by Gasteiger charge is -2.07. The van der Waals surface area contributed by atoms with Crippen LogP contribution in [0.4, 0.5) is 10.5 Å². The predicted molar refractivity (Wildman–Crippen MR) is 77.5 cm³/mol. The molecule has 0 aliphatic rings. The highest BCUT2D eigenvalue weighted by molar-refractivity contribution is 6.32. The largest absolute Gasteiger partial charge is 0.341 e. The number of nitriles is 1. The molecule has 2 aromatic rings. The van der Waals surface area contributed by atoms with E-state index in [1.165, 1.54) is 0 Å². The Balaban J connectivity index is 2.34. The van der Waals surface area contributed by atoms with Gasteiger partial charge < -0.3 is 10.6 Å². The standard InChI is InChI=1S/C14H11ClN4O/c1-17-14(20)19-10-4-2-9(3-5-10)13-11(8-16)12(15)6-7-18-13/h2-7H,1H3,(H2,17,19,20). The summed E-state index contributed by atoms with van der Waals surface area (Å²) in [5.74, 6) is 0. The number of aromatic nitrogens is 1. The van der Waals surface area contributed by atoms with Crippen LogP contribution >= 0.6 is 11.6 Å². The lowest BCUT2D eigenvalue weighted by molar-refractivity contribution is 0.254. The van der Waals surface area contributed by atoms with Gasteiger partial charge in [0.15, 0.2) is 0 Å². The Hall–Kier alpha value is -2.58. The maximum atomic E-state index is 11.2. The van der Waals surface area contributed by atoms with Gasteiger partial charge >= 0.3 is 6.03 Å². The Morgan fingerprint density at radius 3 is 2.60 bits per heavy atom. The van der Waals surface area contributed by atoms with Crippen molar-refractivity contribution in [2.45, 2.75) is 0 Å². The Labute approximate surface area is 121 Å². The van der Waals surface area contributed by atoms with E-state index in [1.54, 1.807) is 43.6 Å². The molecule has 2 N–H and O–H groups in total. The van der Waals surface area contributed by atoms with Crippen LogP contribution in [0.3, 0.4) is 0 Å². The van der Waals surface area contributed by atoms with E-state index in [0.29, 0.717) is 22.0 Å². The minimum absolute atomic E-state index is 0.295. The van der Waals surface area contributed by atoms with Crippen LogP contribution in [0.5, 0.6) is 0 Å². The van der Waals surface area contributed by atoms with E-state index in [9.17, 15) is 4.79 Å². The highest BCUT2D eigenvalue weighted by atomic mass is 35.5. The van der Waals surface area contributed by atoms with Crippen LogP contribution in [0.1, 0.15) is 5.56 Å². The molecule has 5 nitrogen and oxygen atoms in total. The molecule has 0 unspecified atom stereocenters. The van der Waals surface area contributed by atoms with Crippen molar-refractivity contribution in [2.75, 3.05) is 12.4 Å². The minimum Gasteiger partial charge on any atom is -0.341 e. The van der Waals surface area contributed by atoms with Gasteiger partial charge in [-0.1, -0.05) is 23.7 Å². The van der Waals surface area contributed by atoms with Crippen molar-refractivity contribution >= 4 is 23.3 Å². The van der Waals surface area contributed by atoms with Crippen molar-refractivity contribution in [3.8, 4) is 17.3 Å². The number of hydrogen-bond acceptors (Lipinski definition) is 3. The lowest BCUT2D eigenvalue weighted by Crippen LogP contribution is -2.24. The number of anilines is 1. The van der Waals surface area contributed by atoms with Gasteiger partial charge in [-0.2, -0.15) is 5.26 Å². The van der Waals surface area contributed by atoms with Crippen LogP contribution in [-0.4, -0.2) is 18.1 Å². The van der Waals surface area contributed by atoms with Crippen LogP contribution in [0.25, 0.3) is 11.3 Å². The van der Waals surface area contributed by atoms with E-state index >= 15 is 0 Å². The summed E-state index contributed by atoms with van der Waals surface area (Å²) in [5.41, 5.74) is 2.26. The number of nitrogens with one attached hydrogen (secondary N) is 2. The van der Waals surface area contributed by atoms with E-state index in [0.717, 1.165) is 5.56 Å². The molecule has 100 valence electrons. The van der Waals surface area contributed by atoms with Gasteiger partial charge in [0.1, 0.15) is 6.07 Å². The third-order valence-electron chi connectivity index (χ3n) is 2.66.